The zero-order valence-electron chi connectivity index (χ0n) is 8.58. The number of benzene rings is 2. The highest BCUT2D eigenvalue weighted by Crippen LogP contribution is 2.57. The number of nitrogen functional groups attached to an aromatic ring is 1. The Bertz CT molecular complexity index is 563. The molecule has 1 fully saturated rings. The van der Waals surface area contributed by atoms with Crippen LogP contribution in [-0.2, 0) is 0 Å². The first kappa shape index (κ1) is 9.58. The second kappa shape index (κ2) is 2.94. The van der Waals surface area contributed by atoms with Gasteiger partial charge < -0.3 is 5.73 Å². The Kier molecular flexibility index (Phi) is 1.76. The number of hydrogen-bond donors (Lipinski definition) is 1. The number of fused-ring (bicyclic) bond motifs is 1. The molecule has 1 atom stereocenters. The Morgan fingerprint density at radius 2 is 1.69 bits per heavy atom. The molecule has 1 saturated carbocycles. The van der Waals surface area contributed by atoms with E-state index in [1.54, 1.807) is 12.1 Å². The molecule has 0 aromatic heterocycles. The van der Waals surface area contributed by atoms with Crippen LogP contribution in [0, 0.1) is 0 Å². The summed E-state index contributed by atoms with van der Waals surface area (Å²) in [4.78, 5) is 0. The van der Waals surface area contributed by atoms with Crippen molar-refractivity contribution in [2.75, 3.05) is 5.73 Å². The van der Waals surface area contributed by atoms with Crippen LogP contribution < -0.4 is 5.73 Å². The molecule has 0 heterocycles. The van der Waals surface area contributed by atoms with Crippen LogP contribution in [0.5, 0.6) is 0 Å². The molecule has 1 aliphatic carbocycles. The van der Waals surface area contributed by atoms with E-state index in [1.807, 2.05) is 24.3 Å². The minimum atomic E-state index is -2.53. The van der Waals surface area contributed by atoms with Crippen molar-refractivity contribution in [1.82, 2.24) is 0 Å². The summed E-state index contributed by atoms with van der Waals surface area (Å²) in [7, 11) is 0. The predicted octanol–water partition coefficient (Wildman–Crippen LogP) is 3.54. The van der Waals surface area contributed by atoms with E-state index in [2.05, 4.69) is 0 Å². The number of rotatable bonds is 1. The lowest BCUT2D eigenvalue weighted by Gasteiger charge is -2.07. The van der Waals surface area contributed by atoms with Crippen molar-refractivity contribution in [2.24, 2.45) is 0 Å². The fraction of sp³-hybridized carbons (Fsp3) is 0.231. The highest BCUT2D eigenvalue weighted by atomic mass is 19.3. The topological polar surface area (TPSA) is 26.0 Å². The lowest BCUT2D eigenvalue weighted by atomic mass is 10.00. The molecule has 0 amide bonds. The molecule has 3 heteroatoms. The quantitative estimate of drug-likeness (QED) is 0.729. The van der Waals surface area contributed by atoms with Gasteiger partial charge in [-0.2, -0.15) is 0 Å². The van der Waals surface area contributed by atoms with E-state index >= 15 is 0 Å². The van der Waals surface area contributed by atoms with Crippen LogP contribution >= 0.6 is 0 Å². The van der Waals surface area contributed by atoms with Crippen molar-refractivity contribution in [3.63, 3.8) is 0 Å². The molecule has 2 N–H and O–H groups in total. The number of anilines is 1. The van der Waals surface area contributed by atoms with Gasteiger partial charge in [-0.15, -0.1) is 0 Å². The van der Waals surface area contributed by atoms with Gasteiger partial charge in [-0.3, -0.25) is 0 Å². The van der Waals surface area contributed by atoms with Gasteiger partial charge in [0.2, 0.25) is 0 Å². The third-order valence-corrected chi connectivity index (χ3v) is 3.19. The second-order valence-corrected chi connectivity index (χ2v) is 4.31. The zero-order valence-corrected chi connectivity index (χ0v) is 8.58. The summed E-state index contributed by atoms with van der Waals surface area (Å²) in [6.07, 6.45) is -0.0408. The van der Waals surface area contributed by atoms with E-state index in [0.717, 1.165) is 16.3 Å². The summed E-state index contributed by atoms with van der Waals surface area (Å²) in [5.74, 6) is -3.16. The average molecular weight is 219 g/mol. The van der Waals surface area contributed by atoms with Crippen molar-refractivity contribution in [3.05, 3.63) is 42.0 Å². The Morgan fingerprint density at radius 3 is 2.31 bits per heavy atom. The van der Waals surface area contributed by atoms with E-state index in [0.29, 0.717) is 5.69 Å². The van der Waals surface area contributed by atoms with Crippen LogP contribution in [0.15, 0.2) is 36.4 Å². The van der Waals surface area contributed by atoms with Crippen molar-refractivity contribution < 1.29 is 8.78 Å². The maximum absolute atomic E-state index is 13.1. The Hall–Kier alpha value is -1.64. The number of hydrogen-bond acceptors (Lipinski definition) is 1. The van der Waals surface area contributed by atoms with Gasteiger partial charge in [0, 0.05) is 17.5 Å². The molecule has 16 heavy (non-hydrogen) atoms. The summed E-state index contributed by atoms with van der Waals surface area (Å²) >= 11 is 0. The molecular formula is C13H11F2N. The molecule has 2 aromatic carbocycles. The van der Waals surface area contributed by atoms with Gasteiger partial charge in [0.05, 0.1) is 5.92 Å². The van der Waals surface area contributed by atoms with Crippen molar-refractivity contribution in [3.8, 4) is 0 Å². The molecular weight excluding hydrogens is 208 g/mol. The van der Waals surface area contributed by atoms with Gasteiger partial charge >= 0.3 is 0 Å². The molecule has 0 bridgehead atoms. The Balaban J connectivity index is 2.23. The monoisotopic (exact) mass is 219 g/mol. The standard InChI is InChI=1S/C13H11F2N/c14-13(15)7-11(13)9-5-6-12(16)10-4-2-1-3-8(9)10/h1-6,11H,7,16H2. The first-order valence-electron chi connectivity index (χ1n) is 5.24. The van der Waals surface area contributed by atoms with Crippen LogP contribution in [0.1, 0.15) is 17.9 Å². The van der Waals surface area contributed by atoms with Crippen LogP contribution in [0.4, 0.5) is 14.5 Å². The molecule has 1 unspecified atom stereocenters. The van der Waals surface area contributed by atoms with E-state index in [-0.39, 0.29) is 6.42 Å². The van der Waals surface area contributed by atoms with Gasteiger partial charge in [0.15, 0.2) is 0 Å². The predicted molar refractivity (Wildman–Crippen MR) is 60.7 cm³/mol. The summed E-state index contributed by atoms with van der Waals surface area (Å²) in [6.45, 7) is 0. The van der Waals surface area contributed by atoms with Crippen LogP contribution in [0.2, 0.25) is 0 Å². The summed E-state index contributed by atoms with van der Waals surface area (Å²) in [5, 5.41) is 1.72. The lowest BCUT2D eigenvalue weighted by molar-refractivity contribution is 0.112. The molecule has 2 aromatic rings. The van der Waals surface area contributed by atoms with Crippen molar-refractivity contribution in [2.45, 2.75) is 18.3 Å². The maximum atomic E-state index is 13.1. The number of halogens is 2. The lowest BCUT2D eigenvalue weighted by Crippen LogP contribution is -1.95. The second-order valence-electron chi connectivity index (χ2n) is 4.31. The minimum absolute atomic E-state index is 0.0408. The van der Waals surface area contributed by atoms with Gasteiger partial charge in [0.1, 0.15) is 0 Å². The van der Waals surface area contributed by atoms with Gasteiger partial charge in [-0.25, -0.2) is 8.78 Å². The third-order valence-electron chi connectivity index (χ3n) is 3.19. The van der Waals surface area contributed by atoms with E-state index in [1.165, 1.54) is 0 Å². The summed E-state index contributed by atoms with van der Waals surface area (Å²) < 4.78 is 26.2. The van der Waals surface area contributed by atoms with Gasteiger partial charge in [-0.1, -0.05) is 30.3 Å². The SMILES string of the molecule is Nc1ccc(C2CC2(F)F)c2ccccc12. The molecule has 1 aliphatic rings. The van der Waals surface area contributed by atoms with Crippen molar-refractivity contribution in [1.29, 1.82) is 0 Å². The average Bonchev–Trinajstić information content (AvgIpc) is 2.89. The van der Waals surface area contributed by atoms with E-state index in [9.17, 15) is 8.78 Å². The largest absolute Gasteiger partial charge is 0.398 e. The molecule has 0 aliphatic heterocycles. The third kappa shape index (κ3) is 1.28. The van der Waals surface area contributed by atoms with Crippen LogP contribution in [-0.4, -0.2) is 5.92 Å². The van der Waals surface area contributed by atoms with Crippen LogP contribution in [0.25, 0.3) is 10.8 Å². The normalized spacial score (nSPS) is 22.2. The molecule has 3 rings (SSSR count). The molecule has 0 radical (unpaired) electrons. The molecule has 0 saturated heterocycles. The summed E-state index contributed by atoms with van der Waals surface area (Å²) in [5.41, 5.74) is 7.19. The number of nitrogens with two attached hydrogens (primary N) is 1. The smallest absolute Gasteiger partial charge is 0.255 e. The zero-order chi connectivity index (χ0) is 11.3. The summed E-state index contributed by atoms with van der Waals surface area (Å²) in [6, 6.07) is 10.9. The molecule has 1 nitrogen and oxygen atoms in total. The van der Waals surface area contributed by atoms with E-state index in [4.69, 9.17) is 5.73 Å². The first-order valence-corrected chi connectivity index (χ1v) is 5.24. The molecule has 0 spiro atoms. The van der Waals surface area contributed by atoms with Crippen LogP contribution in [0.3, 0.4) is 0 Å². The fourth-order valence-electron chi connectivity index (χ4n) is 2.20. The van der Waals surface area contributed by atoms with Gasteiger partial charge in [0.25, 0.3) is 5.92 Å². The highest BCUT2D eigenvalue weighted by molar-refractivity contribution is 5.95. The Morgan fingerprint density at radius 1 is 1.06 bits per heavy atom. The van der Waals surface area contributed by atoms with E-state index < -0.39 is 11.8 Å². The number of alkyl halides is 2. The highest BCUT2D eigenvalue weighted by Gasteiger charge is 2.57. The Labute approximate surface area is 91.9 Å². The maximum Gasteiger partial charge on any atom is 0.255 e. The minimum Gasteiger partial charge on any atom is -0.398 e. The molecule has 82 valence electrons. The first-order chi connectivity index (χ1) is 7.59. The fourth-order valence-corrected chi connectivity index (χ4v) is 2.20. The van der Waals surface area contributed by atoms with Crippen molar-refractivity contribution >= 4 is 16.5 Å². The van der Waals surface area contributed by atoms with Gasteiger partial charge in [-0.05, 0) is 17.0 Å².